The lowest BCUT2D eigenvalue weighted by Crippen LogP contribution is -2.01. The highest BCUT2D eigenvalue weighted by Crippen LogP contribution is 2.37. The summed E-state index contributed by atoms with van der Waals surface area (Å²) in [6.07, 6.45) is 0. The van der Waals surface area contributed by atoms with E-state index in [1.165, 1.54) is 21.5 Å². The third kappa shape index (κ3) is 4.52. The van der Waals surface area contributed by atoms with Crippen LogP contribution in [0, 0.1) is 0 Å². The van der Waals surface area contributed by atoms with Crippen molar-refractivity contribution in [1.29, 1.82) is 0 Å². The predicted molar refractivity (Wildman–Crippen MR) is 205 cm³/mol. The van der Waals surface area contributed by atoms with Gasteiger partial charge in [0.05, 0.1) is 22.1 Å². The van der Waals surface area contributed by atoms with Crippen molar-refractivity contribution in [3.63, 3.8) is 0 Å². The van der Waals surface area contributed by atoms with Crippen molar-refractivity contribution in [2.24, 2.45) is 0 Å². The number of para-hydroxylation sites is 4. The first-order chi connectivity index (χ1) is 24.8. The maximum absolute atomic E-state index is 5.18. The van der Waals surface area contributed by atoms with Gasteiger partial charge >= 0.3 is 0 Å². The van der Waals surface area contributed by atoms with Gasteiger partial charge in [0.1, 0.15) is 0 Å². The zero-order valence-corrected chi connectivity index (χ0v) is 27.0. The highest BCUT2D eigenvalue weighted by molar-refractivity contribution is 6.11. The number of benzene rings is 7. The van der Waals surface area contributed by atoms with Gasteiger partial charge in [0.25, 0.3) is 0 Å². The molecule has 50 heavy (non-hydrogen) atoms. The molecule has 0 saturated carbocycles. The maximum atomic E-state index is 5.18. The molecule has 234 valence electrons. The summed E-state index contributed by atoms with van der Waals surface area (Å²) in [7, 11) is 0. The Bertz CT molecular complexity index is 2680. The molecule has 0 aliphatic rings. The number of hydrogen-bond acceptors (Lipinski definition) is 3. The molecule has 0 aliphatic carbocycles. The van der Waals surface area contributed by atoms with Crippen LogP contribution in [0.25, 0.3) is 89.2 Å². The van der Waals surface area contributed by atoms with E-state index in [9.17, 15) is 0 Å². The SMILES string of the molecule is c1ccc(-c2nc(-c3ccc4c5ccccc5n(-c5ccccc5)c4c3)nc(-c3ccc4c5ccccc5n(-c5ccccc5)c4c3)n2)cc1. The summed E-state index contributed by atoms with van der Waals surface area (Å²) in [6.45, 7) is 0. The topological polar surface area (TPSA) is 48.5 Å². The molecule has 0 fully saturated rings. The molecule has 5 heteroatoms. The molecule has 10 rings (SSSR count). The van der Waals surface area contributed by atoms with E-state index >= 15 is 0 Å². The van der Waals surface area contributed by atoms with E-state index in [0.717, 1.165) is 50.1 Å². The van der Waals surface area contributed by atoms with E-state index in [-0.39, 0.29) is 0 Å². The highest BCUT2D eigenvalue weighted by atomic mass is 15.0. The molecule has 0 radical (unpaired) electrons. The van der Waals surface area contributed by atoms with Gasteiger partial charge < -0.3 is 9.13 Å². The molecule has 3 aromatic heterocycles. The van der Waals surface area contributed by atoms with Crippen LogP contribution >= 0.6 is 0 Å². The standard InChI is InChI=1S/C45H29N5/c1-4-14-30(15-5-1)43-46-44(31-24-26-37-35-20-10-12-22-39(35)49(41(37)28-31)33-16-6-2-7-17-33)48-45(47-43)32-25-27-38-36-21-11-13-23-40(36)50(42(38)29-32)34-18-8-3-9-19-34/h1-29H. The first-order valence-electron chi connectivity index (χ1n) is 16.8. The largest absolute Gasteiger partial charge is 0.309 e. The van der Waals surface area contributed by atoms with Gasteiger partial charge in [-0.25, -0.2) is 15.0 Å². The Balaban J connectivity index is 1.21. The molecular weight excluding hydrogens is 611 g/mol. The maximum Gasteiger partial charge on any atom is 0.164 e. The summed E-state index contributed by atoms with van der Waals surface area (Å²) in [4.78, 5) is 15.4. The van der Waals surface area contributed by atoms with Gasteiger partial charge in [0.15, 0.2) is 17.5 Å². The number of hydrogen-bond donors (Lipinski definition) is 0. The van der Waals surface area contributed by atoms with Crippen LogP contribution in [0.2, 0.25) is 0 Å². The van der Waals surface area contributed by atoms with Gasteiger partial charge in [0, 0.05) is 49.6 Å². The summed E-state index contributed by atoms with van der Waals surface area (Å²) in [5.41, 5.74) is 9.55. The van der Waals surface area contributed by atoms with E-state index in [2.05, 4.69) is 167 Å². The minimum absolute atomic E-state index is 0.629. The van der Waals surface area contributed by atoms with Gasteiger partial charge in [-0.2, -0.15) is 0 Å². The fraction of sp³-hybridized carbons (Fsp3) is 0. The number of rotatable bonds is 5. The van der Waals surface area contributed by atoms with Crippen LogP contribution in [-0.2, 0) is 0 Å². The molecule has 10 aromatic rings. The van der Waals surface area contributed by atoms with E-state index in [1.54, 1.807) is 0 Å². The lowest BCUT2D eigenvalue weighted by molar-refractivity contribution is 1.07. The van der Waals surface area contributed by atoms with Crippen molar-refractivity contribution in [3.05, 3.63) is 176 Å². The molecule has 0 spiro atoms. The molecule has 7 aromatic carbocycles. The third-order valence-corrected chi connectivity index (χ3v) is 9.56. The Kier molecular flexibility index (Phi) is 6.42. The van der Waals surface area contributed by atoms with Crippen LogP contribution in [0.5, 0.6) is 0 Å². The monoisotopic (exact) mass is 639 g/mol. The molecule has 0 N–H and O–H groups in total. The molecule has 0 aliphatic heterocycles. The van der Waals surface area contributed by atoms with Gasteiger partial charge in [-0.1, -0.05) is 127 Å². The van der Waals surface area contributed by atoms with Crippen molar-refractivity contribution >= 4 is 43.6 Å². The van der Waals surface area contributed by atoms with Gasteiger partial charge in [-0.05, 0) is 48.5 Å². The van der Waals surface area contributed by atoms with Crippen molar-refractivity contribution in [1.82, 2.24) is 24.1 Å². The quantitative estimate of drug-likeness (QED) is 0.188. The average molecular weight is 640 g/mol. The molecule has 3 heterocycles. The Hall–Kier alpha value is -6.85. The van der Waals surface area contributed by atoms with E-state index < -0.39 is 0 Å². The number of fused-ring (bicyclic) bond motifs is 6. The highest BCUT2D eigenvalue weighted by Gasteiger charge is 2.18. The van der Waals surface area contributed by atoms with Crippen LogP contribution < -0.4 is 0 Å². The Morgan fingerprint density at radius 1 is 0.280 bits per heavy atom. The van der Waals surface area contributed by atoms with Crippen molar-refractivity contribution in [2.75, 3.05) is 0 Å². The minimum Gasteiger partial charge on any atom is -0.309 e. The second-order valence-electron chi connectivity index (χ2n) is 12.5. The molecule has 0 unspecified atom stereocenters. The summed E-state index contributed by atoms with van der Waals surface area (Å²) < 4.78 is 4.65. The normalized spacial score (nSPS) is 11.6. The van der Waals surface area contributed by atoms with Crippen LogP contribution in [0.3, 0.4) is 0 Å². The molecule has 0 atom stereocenters. The van der Waals surface area contributed by atoms with Crippen LogP contribution in [0.15, 0.2) is 176 Å². The lowest BCUT2D eigenvalue weighted by atomic mass is 10.1. The molecule has 0 bridgehead atoms. The van der Waals surface area contributed by atoms with Crippen molar-refractivity contribution < 1.29 is 0 Å². The third-order valence-electron chi connectivity index (χ3n) is 9.56. The summed E-state index contributed by atoms with van der Waals surface area (Å²) in [5.74, 6) is 1.90. The fourth-order valence-electron chi connectivity index (χ4n) is 7.28. The van der Waals surface area contributed by atoms with Gasteiger partial charge in [-0.3, -0.25) is 0 Å². The van der Waals surface area contributed by atoms with E-state index in [1.807, 2.05) is 18.2 Å². The van der Waals surface area contributed by atoms with E-state index in [0.29, 0.717) is 17.5 Å². The number of nitrogens with zero attached hydrogens (tertiary/aromatic N) is 5. The second kappa shape index (κ2) is 11.4. The molecular formula is C45H29N5. The summed E-state index contributed by atoms with van der Waals surface area (Å²) >= 11 is 0. The molecule has 0 saturated heterocycles. The van der Waals surface area contributed by atoms with Crippen LogP contribution in [0.1, 0.15) is 0 Å². The predicted octanol–water partition coefficient (Wildman–Crippen LogP) is 11.1. The summed E-state index contributed by atoms with van der Waals surface area (Å²) in [6, 6.07) is 61.4. The first-order valence-corrected chi connectivity index (χ1v) is 16.8. The van der Waals surface area contributed by atoms with Crippen LogP contribution in [-0.4, -0.2) is 24.1 Å². The van der Waals surface area contributed by atoms with Gasteiger partial charge in [-0.15, -0.1) is 0 Å². The van der Waals surface area contributed by atoms with Crippen molar-refractivity contribution in [3.8, 4) is 45.5 Å². The smallest absolute Gasteiger partial charge is 0.164 e. The Labute approximate surface area is 288 Å². The van der Waals surface area contributed by atoms with E-state index in [4.69, 9.17) is 15.0 Å². The zero-order valence-electron chi connectivity index (χ0n) is 27.0. The zero-order chi connectivity index (χ0) is 33.0. The lowest BCUT2D eigenvalue weighted by Gasteiger charge is -2.11. The van der Waals surface area contributed by atoms with Gasteiger partial charge in [0.2, 0.25) is 0 Å². The molecule has 5 nitrogen and oxygen atoms in total. The number of aromatic nitrogens is 5. The Morgan fingerprint density at radius 3 is 1.10 bits per heavy atom. The summed E-state index contributed by atoms with van der Waals surface area (Å²) in [5, 5.41) is 4.79. The molecule has 0 amide bonds. The average Bonchev–Trinajstić information content (AvgIpc) is 3.71. The second-order valence-corrected chi connectivity index (χ2v) is 12.5. The first kappa shape index (κ1) is 28.2. The minimum atomic E-state index is 0.629. The van der Waals surface area contributed by atoms with Crippen LogP contribution in [0.4, 0.5) is 0 Å². The van der Waals surface area contributed by atoms with Crippen molar-refractivity contribution in [2.45, 2.75) is 0 Å². The fourth-order valence-corrected chi connectivity index (χ4v) is 7.28. The Morgan fingerprint density at radius 2 is 0.640 bits per heavy atom.